The molecule has 0 radical (unpaired) electrons. The van der Waals surface area contributed by atoms with Gasteiger partial charge in [-0.1, -0.05) is 0 Å². The summed E-state index contributed by atoms with van der Waals surface area (Å²) in [6.07, 6.45) is 1.72. The molecule has 1 aromatic heterocycles. The van der Waals surface area contributed by atoms with Gasteiger partial charge in [-0.2, -0.15) is 10.1 Å². The Morgan fingerprint density at radius 3 is 3.05 bits per heavy atom. The highest BCUT2D eigenvalue weighted by molar-refractivity contribution is 9.10. The minimum atomic E-state index is -0.229. The highest BCUT2D eigenvalue weighted by Gasteiger charge is 2.29. The molecule has 8 heteroatoms. The number of fused-ring (bicyclic) bond motifs is 1. The minimum absolute atomic E-state index is 0.0876. The molecule has 22 heavy (non-hydrogen) atoms. The van der Waals surface area contributed by atoms with Gasteiger partial charge in [0.15, 0.2) is 11.5 Å². The number of nitrogens with zero attached hydrogens (tertiary/aromatic N) is 3. The monoisotopic (exact) mass is 366 g/mol. The van der Waals surface area contributed by atoms with Gasteiger partial charge < -0.3 is 9.47 Å². The number of carbonyl (C=O) groups is 1. The number of amides is 1. The predicted octanol–water partition coefficient (Wildman–Crippen LogP) is 2.38. The van der Waals surface area contributed by atoms with Crippen LogP contribution in [0.3, 0.4) is 0 Å². The summed E-state index contributed by atoms with van der Waals surface area (Å²) < 4.78 is 13.5. The summed E-state index contributed by atoms with van der Waals surface area (Å²) >= 11 is 3.49. The lowest BCUT2D eigenvalue weighted by Gasteiger charge is -2.24. The zero-order valence-corrected chi connectivity index (χ0v) is 13.8. The van der Waals surface area contributed by atoms with Crippen molar-refractivity contribution in [2.24, 2.45) is 0 Å². The summed E-state index contributed by atoms with van der Waals surface area (Å²) in [6, 6.07) is 3.56. The number of halogens is 1. The Morgan fingerprint density at radius 2 is 2.32 bits per heavy atom. The first kappa shape index (κ1) is 14.8. The molecule has 1 atom stereocenters. The molecule has 1 aliphatic rings. The Morgan fingerprint density at radius 1 is 1.50 bits per heavy atom. The molecule has 0 spiro atoms. The summed E-state index contributed by atoms with van der Waals surface area (Å²) in [5.41, 5.74) is 0.901. The third-order valence-corrected chi connectivity index (χ3v) is 4.01. The molecule has 0 saturated heterocycles. The van der Waals surface area contributed by atoms with E-state index >= 15 is 0 Å². The molecule has 0 fully saturated rings. The van der Waals surface area contributed by atoms with Crippen molar-refractivity contribution < 1.29 is 14.3 Å². The van der Waals surface area contributed by atoms with E-state index in [1.807, 2.05) is 19.1 Å². The van der Waals surface area contributed by atoms with Crippen LogP contribution in [0.4, 0.5) is 5.95 Å². The summed E-state index contributed by atoms with van der Waals surface area (Å²) in [5.74, 6) is 1.62. The normalized spacial score (nSPS) is 16.9. The summed E-state index contributed by atoms with van der Waals surface area (Å²) in [5, 5.41) is 6.90. The maximum absolute atomic E-state index is 11.9. The van der Waals surface area contributed by atoms with E-state index in [2.05, 4.69) is 31.3 Å². The number of methoxy groups -OCH3 is 1. The van der Waals surface area contributed by atoms with Gasteiger partial charge >= 0.3 is 0 Å². The second-order valence-electron chi connectivity index (χ2n) is 4.76. The molecular formula is C14H15BrN4O3. The number of hydrogen-bond donors (Lipinski definition) is 1. The van der Waals surface area contributed by atoms with Crippen LogP contribution in [-0.4, -0.2) is 34.4 Å². The van der Waals surface area contributed by atoms with Crippen LogP contribution in [0, 0.1) is 0 Å². The van der Waals surface area contributed by atoms with Gasteiger partial charge in [-0.25, -0.2) is 4.68 Å². The smallest absolute Gasteiger partial charge is 0.229 e. The first-order chi connectivity index (χ1) is 10.6. The predicted molar refractivity (Wildman–Crippen MR) is 83.3 cm³/mol. The summed E-state index contributed by atoms with van der Waals surface area (Å²) in [6.45, 7) is 2.43. The van der Waals surface area contributed by atoms with Gasteiger partial charge in [-0.15, -0.1) is 0 Å². The molecule has 3 rings (SSSR count). The number of benzene rings is 1. The Balaban J connectivity index is 2.07. The lowest BCUT2D eigenvalue weighted by Crippen LogP contribution is -2.29. The van der Waals surface area contributed by atoms with Crippen molar-refractivity contribution in [1.82, 2.24) is 14.8 Å². The van der Waals surface area contributed by atoms with E-state index in [-0.39, 0.29) is 11.9 Å². The van der Waals surface area contributed by atoms with Crippen molar-refractivity contribution in [3.63, 3.8) is 0 Å². The largest absolute Gasteiger partial charge is 0.492 e. The van der Waals surface area contributed by atoms with Crippen molar-refractivity contribution in [3.05, 3.63) is 28.5 Å². The van der Waals surface area contributed by atoms with Crippen LogP contribution in [0.5, 0.6) is 11.5 Å². The fourth-order valence-electron chi connectivity index (χ4n) is 2.51. The first-order valence-electron chi connectivity index (χ1n) is 6.83. The van der Waals surface area contributed by atoms with Crippen LogP contribution >= 0.6 is 15.9 Å². The fourth-order valence-corrected chi connectivity index (χ4v) is 3.13. The minimum Gasteiger partial charge on any atom is -0.492 e. The van der Waals surface area contributed by atoms with Gasteiger partial charge in [0.1, 0.15) is 6.33 Å². The quantitative estimate of drug-likeness (QED) is 0.898. The number of aromatic nitrogens is 3. The molecule has 1 aromatic carbocycles. The molecule has 1 aliphatic heterocycles. The second-order valence-corrected chi connectivity index (χ2v) is 5.62. The molecule has 7 nitrogen and oxygen atoms in total. The van der Waals surface area contributed by atoms with Crippen molar-refractivity contribution in [1.29, 1.82) is 0 Å². The third-order valence-electron chi connectivity index (χ3n) is 3.42. The van der Waals surface area contributed by atoms with Crippen LogP contribution in [0.25, 0.3) is 0 Å². The van der Waals surface area contributed by atoms with E-state index in [0.29, 0.717) is 30.5 Å². The fraction of sp³-hybridized carbons (Fsp3) is 0.357. The Labute approximate surface area is 135 Å². The third kappa shape index (κ3) is 2.54. The lowest BCUT2D eigenvalue weighted by molar-refractivity contribution is -0.117. The number of ether oxygens (including phenoxy) is 2. The molecule has 0 saturated carbocycles. The average Bonchev–Trinajstić information content (AvgIpc) is 2.94. The molecule has 0 bridgehead atoms. The van der Waals surface area contributed by atoms with E-state index in [4.69, 9.17) is 9.47 Å². The van der Waals surface area contributed by atoms with Crippen molar-refractivity contribution in [2.45, 2.75) is 19.4 Å². The molecule has 1 N–H and O–H groups in total. The maximum atomic E-state index is 11.9. The first-order valence-corrected chi connectivity index (χ1v) is 7.63. The maximum Gasteiger partial charge on any atom is 0.229 e. The van der Waals surface area contributed by atoms with Crippen LogP contribution in [0.15, 0.2) is 22.9 Å². The van der Waals surface area contributed by atoms with Crippen molar-refractivity contribution in [2.75, 3.05) is 19.0 Å². The van der Waals surface area contributed by atoms with Crippen molar-refractivity contribution >= 4 is 27.8 Å². The Kier molecular flexibility index (Phi) is 4.02. The Bertz CT molecular complexity index is 716. The number of carbonyl (C=O) groups excluding carboxylic acids is 1. The van der Waals surface area contributed by atoms with Gasteiger partial charge in [-0.3, -0.25) is 10.1 Å². The molecule has 2 heterocycles. The molecular weight excluding hydrogens is 352 g/mol. The molecule has 116 valence electrons. The topological polar surface area (TPSA) is 78.3 Å². The zero-order valence-electron chi connectivity index (χ0n) is 12.2. The average molecular weight is 367 g/mol. The number of anilines is 1. The van der Waals surface area contributed by atoms with Gasteiger partial charge in [0.2, 0.25) is 11.9 Å². The standard InChI is InChI=1S/C14H15BrN4O3/c1-3-22-11-5-8(4-9(15)13(11)21-2)10-6-12(20)18-14-16-7-17-19(10)14/h4-5,7,10H,3,6H2,1-2H3,(H,16,17,18,20)/t10-/m1/s1. The van der Waals surface area contributed by atoms with Crippen molar-refractivity contribution in [3.8, 4) is 11.5 Å². The SMILES string of the molecule is CCOc1cc([C@H]2CC(=O)Nc3ncnn32)cc(Br)c1OC. The van der Waals surface area contributed by atoms with Gasteiger partial charge in [-0.05, 0) is 40.5 Å². The summed E-state index contributed by atoms with van der Waals surface area (Å²) in [4.78, 5) is 15.9. The number of hydrogen-bond acceptors (Lipinski definition) is 5. The van der Waals surface area contributed by atoms with Gasteiger partial charge in [0.05, 0.1) is 30.7 Å². The molecule has 1 amide bonds. The summed E-state index contributed by atoms with van der Waals surface area (Å²) in [7, 11) is 1.59. The second kappa shape index (κ2) is 5.96. The highest BCUT2D eigenvalue weighted by Crippen LogP contribution is 2.40. The van der Waals surface area contributed by atoms with Crippen LogP contribution in [-0.2, 0) is 4.79 Å². The molecule has 2 aromatic rings. The van der Waals surface area contributed by atoms with E-state index in [0.717, 1.165) is 10.0 Å². The Hall–Kier alpha value is -2.09. The number of rotatable bonds is 4. The van der Waals surface area contributed by atoms with Gasteiger partial charge in [0, 0.05) is 0 Å². The van der Waals surface area contributed by atoms with E-state index < -0.39 is 0 Å². The lowest BCUT2D eigenvalue weighted by atomic mass is 10.0. The van der Waals surface area contributed by atoms with E-state index in [1.165, 1.54) is 6.33 Å². The van der Waals surface area contributed by atoms with Gasteiger partial charge in [0.25, 0.3) is 0 Å². The molecule has 0 unspecified atom stereocenters. The van der Waals surface area contributed by atoms with Crippen LogP contribution < -0.4 is 14.8 Å². The van der Waals surface area contributed by atoms with Crippen LogP contribution in [0.1, 0.15) is 24.9 Å². The zero-order chi connectivity index (χ0) is 15.7. The number of nitrogens with one attached hydrogen (secondary N) is 1. The highest BCUT2D eigenvalue weighted by atomic mass is 79.9. The van der Waals surface area contributed by atoms with Crippen LogP contribution in [0.2, 0.25) is 0 Å². The van der Waals surface area contributed by atoms with E-state index in [1.54, 1.807) is 11.8 Å². The molecule has 0 aliphatic carbocycles. The van der Waals surface area contributed by atoms with E-state index in [9.17, 15) is 4.79 Å².